The zero-order valence-electron chi connectivity index (χ0n) is 11.4. The Kier molecular flexibility index (Phi) is 3.98. The Labute approximate surface area is 116 Å². The summed E-state index contributed by atoms with van der Waals surface area (Å²) in [6.45, 7) is 3.33. The number of hydrogen-bond donors (Lipinski definition) is 2. The van der Waals surface area contributed by atoms with Crippen LogP contribution < -0.4 is 5.32 Å². The molecule has 5 nitrogen and oxygen atoms in total. The topological polar surface area (TPSA) is 79.3 Å². The Morgan fingerprint density at radius 3 is 2.70 bits per heavy atom. The molecule has 0 bridgehead atoms. The molecule has 2 N–H and O–H groups in total. The lowest BCUT2D eigenvalue weighted by Gasteiger charge is -2.09. The first-order valence-corrected chi connectivity index (χ1v) is 6.35. The highest BCUT2D eigenvalue weighted by atomic mass is 16.4. The molecule has 1 amide bonds. The first-order valence-electron chi connectivity index (χ1n) is 6.35. The highest BCUT2D eigenvalue weighted by Gasteiger charge is 2.08. The van der Waals surface area contributed by atoms with Gasteiger partial charge in [0.15, 0.2) is 0 Å². The van der Waals surface area contributed by atoms with E-state index < -0.39 is 5.97 Å². The van der Waals surface area contributed by atoms with Crippen molar-refractivity contribution in [3.63, 3.8) is 0 Å². The molecule has 0 aliphatic carbocycles. The smallest absolute Gasteiger partial charge is 0.303 e. The van der Waals surface area contributed by atoms with Crippen LogP contribution in [-0.4, -0.2) is 22.0 Å². The fourth-order valence-corrected chi connectivity index (χ4v) is 2.17. The van der Waals surface area contributed by atoms with Gasteiger partial charge >= 0.3 is 5.97 Å². The molecular weight excluding hydrogens is 256 g/mol. The van der Waals surface area contributed by atoms with E-state index in [0.717, 1.165) is 22.2 Å². The van der Waals surface area contributed by atoms with E-state index in [-0.39, 0.29) is 12.3 Å². The molecule has 0 aliphatic rings. The maximum absolute atomic E-state index is 11.1. The number of aromatic nitrogens is 1. The number of hydrogen-bond acceptors (Lipinski definition) is 3. The van der Waals surface area contributed by atoms with Crippen molar-refractivity contribution in [3.8, 4) is 0 Å². The number of carboxylic acid groups (broad SMARTS) is 1. The van der Waals surface area contributed by atoms with E-state index in [4.69, 9.17) is 5.11 Å². The molecule has 0 saturated heterocycles. The van der Waals surface area contributed by atoms with E-state index in [1.807, 2.05) is 25.1 Å². The van der Waals surface area contributed by atoms with Gasteiger partial charge in [-0.25, -0.2) is 0 Å². The molecule has 0 radical (unpaired) electrons. The summed E-state index contributed by atoms with van der Waals surface area (Å²) in [6, 6.07) is 7.35. The van der Waals surface area contributed by atoms with Crippen LogP contribution in [0.15, 0.2) is 24.3 Å². The Balaban J connectivity index is 2.47. The van der Waals surface area contributed by atoms with Gasteiger partial charge in [-0.15, -0.1) is 0 Å². The minimum absolute atomic E-state index is 0.0723. The average Bonchev–Trinajstić information content (AvgIpc) is 2.35. The standard InChI is InChI=1S/C15H16N2O3/c1-9-7-11(3-6-15(19)20)13-8-12(17-10(2)18)4-5-14(13)16-9/h4-5,7-8H,3,6H2,1-2H3,(H,17,18)(H,19,20). The van der Waals surface area contributed by atoms with E-state index in [9.17, 15) is 9.59 Å². The highest BCUT2D eigenvalue weighted by Crippen LogP contribution is 2.23. The quantitative estimate of drug-likeness (QED) is 0.896. The molecule has 104 valence electrons. The fourth-order valence-electron chi connectivity index (χ4n) is 2.17. The summed E-state index contributed by atoms with van der Waals surface area (Å²) >= 11 is 0. The van der Waals surface area contributed by atoms with E-state index >= 15 is 0 Å². The Bertz CT molecular complexity index is 680. The van der Waals surface area contributed by atoms with Crippen molar-refractivity contribution < 1.29 is 14.7 Å². The second-order valence-electron chi connectivity index (χ2n) is 4.73. The summed E-state index contributed by atoms with van der Waals surface area (Å²) in [5.41, 5.74) is 3.28. The number of aliphatic carboxylic acids is 1. The molecule has 0 fully saturated rings. The van der Waals surface area contributed by atoms with Gasteiger partial charge in [-0.05, 0) is 43.2 Å². The number of carbonyl (C=O) groups excluding carboxylic acids is 1. The van der Waals surface area contributed by atoms with Gasteiger partial charge in [-0.2, -0.15) is 0 Å². The van der Waals surface area contributed by atoms with Crippen LogP contribution in [0.5, 0.6) is 0 Å². The minimum atomic E-state index is -0.828. The van der Waals surface area contributed by atoms with Gasteiger partial charge < -0.3 is 10.4 Å². The number of amides is 1. The van der Waals surface area contributed by atoms with Crippen molar-refractivity contribution in [2.75, 3.05) is 5.32 Å². The van der Waals surface area contributed by atoms with Crippen molar-refractivity contribution in [1.29, 1.82) is 0 Å². The van der Waals surface area contributed by atoms with E-state index in [1.54, 1.807) is 6.07 Å². The molecule has 1 heterocycles. The Morgan fingerprint density at radius 2 is 2.05 bits per heavy atom. The number of aryl methyl sites for hydroxylation is 2. The molecule has 0 atom stereocenters. The van der Waals surface area contributed by atoms with Gasteiger partial charge in [0, 0.05) is 30.1 Å². The summed E-state index contributed by atoms with van der Waals surface area (Å²) in [6.07, 6.45) is 0.516. The van der Waals surface area contributed by atoms with Gasteiger partial charge in [0.25, 0.3) is 0 Å². The SMILES string of the molecule is CC(=O)Nc1ccc2nc(C)cc(CCC(=O)O)c2c1. The monoisotopic (exact) mass is 272 g/mol. The molecule has 0 aliphatic heterocycles. The third kappa shape index (κ3) is 3.32. The predicted octanol–water partition coefficient (Wildman–Crippen LogP) is 2.52. The number of carboxylic acids is 1. The number of anilines is 1. The van der Waals surface area contributed by atoms with Gasteiger partial charge in [0.1, 0.15) is 0 Å². The fraction of sp³-hybridized carbons (Fsp3) is 0.267. The van der Waals surface area contributed by atoms with Gasteiger partial charge in [-0.1, -0.05) is 0 Å². The van der Waals surface area contributed by atoms with Crippen LogP contribution in [-0.2, 0) is 16.0 Å². The lowest BCUT2D eigenvalue weighted by molar-refractivity contribution is -0.137. The summed E-state index contributed by atoms with van der Waals surface area (Å²) in [4.78, 5) is 26.3. The van der Waals surface area contributed by atoms with E-state index in [1.165, 1.54) is 6.92 Å². The van der Waals surface area contributed by atoms with Gasteiger partial charge in [-0.3, -0.25) is 14.6 Å². The second-order valence-corrected chi connectivity index (χ2v) is 4.73. The molecule has 2 aromatic rings. The number of rotatable bonds is 4. The molecule has 2 rings (SSSR count). The number of pyridine rings is 1. The predicted molar refractivity (Wildman–Crippen MR) is 76.7 cm³/mol. The van der Waals surface area contributed by atoms with Crippen molar-refractivity contribution in [2.24, 2.45) is 0 Å². The summed E-state index contributed by atoms with van der Waals surface area (Å²) in [7, 11) is 0. The maximum Gasteiger partial charge on any atom is 0.303 e. The summed E-state index contributed by atoms with van der Waals surface area (Å²) in [5.74, 6) is -0.970. The number of carbonyl (C=O) groups is 2. The molecule has 0 saturated carbocycles. The normalized spacial score (nSPS) is 10.5. The third-order valence-corrected chi connectivity index (χ3v) is 2.95. The van der Waals surface area contributed by atoms with Crippen molar-refractivity contribution in [3.05, 3.63) is 35.5 Å². The van der Waals surface area contributed by atoms with Crippen LogP contribution in [0.25, 0.3) is 10.9 Å². The van der Waals surface area contributed by atoms with Crippen molar-refractivity contribution in [1.82, 2.24) is 4.98 Å². The first-order chi connectivity index (χ1) is 9.45. The minimum Gasteiger partial charge on any atom is -0.481 e. The van der Waals surface area contributed by atoms with Gasteiger partial charge in [0.2, 0.25) is 5.91 Å². The number of benzene rings is 1. The van der Waals surface area contributed by atoms with E-state index in [0.29, 0.717) is 12.1 Å². The molecule has 0 spiro atoms. The zero-order valence-corrected chi connectivity index (χ0v) is 11.4. The number of nitrogens with zero attached hydrogens (tertiary/aromatic N) is 1. The molecular formula is C15H16N2O3. The first kappa shape index (κ1) is 14.0. The summed E-state index contributed by atoms with van der Waals surface area (Å²) in [5, 5.41) is 12.4. The van der Waals surface area contributed by atoms with Crippen molar-refractivity contribution in [2.45, 2.75) is 26.7 Å². The zero-order chi connectivity index (χ0) is 14.7. The molecule has 5 heteroatoms. The molecule has 20 heavy (non-hydrogen) atoms. The van der Waals surface area contributed by atoms with Crippen LogP contribution in [0.4, 0.5) is 5.69 Å². The van der Waals surface area contributed by atoms with Crippen LogP contribution in [0, 0.1) is 6.92 Å². The Morgan fingerprint density at radius 1 is 1.30 bits per heavy atom. The second kappa shape index (κ2) is 5.69. The third-order valence-electron chi connectivity index (χ3n) is 2.95. The van der Waals surface area contributed by atoms with E-state index in [2.05, 4.69) is 10.3 Å². The highest BCUT2D eigenvalue weighted by molar-refractivity contribution is 5.93. The maximum atomic E-state index is 11.1. The lowest BCUT2D eigenvalue weighted by atomic mass is 10.0. The van der Waals surface area contributed by atoms with Crippen LogP contribution in [0.3, 0.4) is 0 Å². The lowest BCUT2D eigenvalue weighted by Crippen LogP contribution is -2.06. The van der Waals surface area contributed by atoms with Crippen LogP contribution in [0.1, 0.15) is 24.6 Å². The largest absolute Gasteiger partial charge is 0.481 e. The average molecular weight is 272 g/mol. The summed E-state index contributed by atoms with van der Waals surface area (Å²) < 4.78 is 0. The molecule has 1 aromatic carbocycles. The van der Waals surface area contributed by atoms with Crippen LogP contribution >= 0.6 is 0 Å². The molecule has 1 aromatic heterocycles. The Hall–Kier alpha value is -2.43. The van der Waals surface area contributed by atoms with Gasteiger partial charge in [0.05, 0.1) is 5.52 Å². The molecule has 0 unspecified atom stereocenters. The number of nitrogens with one attached hydrogen (secondary N) is 1. The van der Waals surface area contributed by atoms with Crippen molar-refractivity contribution >= 4 is 28.5 Å². The number of fused-ring (bicyclic) bond motifs is 1. The van der Waals surface area contributed by atoms with Crippen LogP contribution in [0.2, 0.25) is 0 Å².